The van der Waals surface area contributed by atoms with Gasteiger partial charge in [0, 0.05) is 19.7 Å². The van der Waals surface area contributed by atoms with Gasteiger partial charge in [0.2, 0.25) is 0 Å². The number of amides is 1. The van der Waals surface area contributed by atoms with Crippen molar-refractivity contribution in [1.29, 1.82) is 0 Å². The Morgan fingerprint density at radius 3 is 2.90 bits per heavy atom. The molecule has 2 N–H and O–H groups in total. The normalized spacial score (nSPS) is 13.6. The minimum Gasteiger partial charge on any atom is -0.481 e. The second-order valence-electron chi connectivity index (χ2n) is 4.41. The van der Waals surface area contributed by atoms with Crippen LogP contribution in [0.5, 0.6) is 5.75 Å². The maximum Gasteiger partial charge on any atom is 0.260 e. The maximum atomic E-state index is 13.0. The number of ether oxygens (including phenoxy) is 2. The van der Waals surface area contributed by atoms with E-state index in [1.165, 1.54) is 25.3 Å². The van der Waals surface area contributed by atoms with Crippen LogP contribution in [0.2, 0.25) is 0 Å². The molecule has 1 amide bonds. The van der Waals surface area contributed by atoms with E-state index in [1.807, 2.05) is 0 Å². The van der Waals surface area contributed by atoms with Crippen molar-refractivity contribution in [1.82, 2.24) is 5.32 Å². The van der Waals surface area contributed by atoms with Crippen LogP contribution in [0.15, 0.2) is 24.3 Å². The third-order valence-corrected chi connectivity index (χ3v) is 2.61. The fourth-order valence-electron chi connectivity index (χ4n) is 1.58. The molecule has 1 aromatic carbocycles. The molecule has 0 radical (unpaired) electrons. The Labute approximate surface area is 117 Å². The Morgan fingerprint density at radius 1 is 1.50 bits per heavy atom. The highest BCUT2D eigenvalue weighted by molar-refractivity contribution is 5.80. The van der Waals surface area contributed by atoms with E-state index in [2.05, 4.69) is 5.32 Å². The van der Waals surface area contributed by atoms with Crippen molar-refractivity contribution in [3.05, 3.63) is 30.1 Å². The number of carbonyl (C=O) groups excluding carboxylic acids is 1. The van der Waals surface area contributed by atoms with Crippen molar-refractivity contribution >= 4 is 5.91 Å². The summed E-state index contributed by atoms with van der Waals surface area (Å²) in [5.74, 6) is -0.441. The van der Waals surface area contributed by atoms with Crippen LogP contribution in [0.1, 0.15) is 13.3 Å². The summed E-state index contributed by atoms with van der Waals surface area (Å²) in [5.41, 5.74) is 0. The number of benzene rings is 1. The summed E-state index contributed by atoms with van der Waals surface area (Å²) in [6.45, 7) is 2.12. The van der Waals surface area contributed by atoms with E-state index in [9.17, 15) is 14.3 Å². The Hall–Kier alpha value is -1.66. The number of nitrogens with one attached hydrogen (secondary N) is 1. The van der Waals surface area contributed by atoms with Crippen molar-refractivity contribution in [3.8, 4) is 5.75 Å². The van der Waals surface area contributed by atoms with Crippen molar-refractivity contribution in [3.63, 3.8) is 0 Å². The van der Waals surface area contributed by atoms with Gasteiger partial charge in [0.05, 0.1) is 12.7 Å². The monoisotopic (exact) mass is 285 g/mol. The van der Waals surface area contributed by atoms with Gasteiger partial charge in [-0.25, -0.2) is 4.39 Å². The minimum atomic E-state index is -0.739. The summed E-state index contributed by atoms with van der Waals surface area (Å²) in [5, 5.41) is 12.1. The number of rotatable bonds is 8. The summed E-state index contributed by atoms with van der Waals surface area (Å²) in [7, 11) is 1.50. The first kappa shape index (κ1) is 16.4. The molecular weight excluding hydrogens is 265 g/mol. The number of hydrogen-bond donors (Lipinski definition) is 2. The summed E-state index contributed by atoms with van der Waals surface area (Å²) < 4.78 is 23.1. The highest BCUT2D eigenvalue weighted by Gasteiger charge is 2.15. The van der Waals surface area contributed by atoms with Crippen LogP contribution >= 0.6 is 0 Å². The quantitative estimate of drug-likeness (QED) is 0.751. The Balaban J connectivity index is 2.32. The van der Waals surface area contributed by atoms with Gasteiger partial charge in [-0.05, 0) is 25.5 Å². The van der Waals surface area contributed by atoms with E-state index in [0.29, 0.717) is 18.7 Å². The standard InChI is InChI=1S/C14H20FNO4/c1-10(20-13-5-3-4-11(15)8-13)14(18)16-7-6-12(17)9-19-2/h3-5,8,10,12,17H,6-7,9H2,1-2H3,(H,16,18). The summed E-state index contributed by atoms with van der Waals surface area (Å²) in [4.78, 5) is 11.7. The highest BCUT2D eigenvalue weighted by Crippen LogP contribution is 2.13. The molecule has 5 nitrogen and oxygen atoms in total. The number of aliphatic hydroxyl groups excluding tert-OH is 1. The molecule has 20 heavy (non-hydrogen) atoms. The van der Waals surface area contributed by atoms with Gasteiger partial charge in [-0.15, -0.1) is 0 Å². The van der Waals surface area contributed by atoms with Crippen LogP contribution < -0.4 is 10.1 Å². The second kappa shape index (κ2) is 8.50. The van der Waals surface area contributed by atoms with Crippen LogP contribution in [0.4, 0.5) is 4.39 Å². The molecule has 0 aliphatic heterocycles. The fraction of sp³-hybridized carbons (Fsp3) is 0.500. The van der Waals surface area contributed by atoms with Gasteiger partial charge >= 0.3 is 0 Å². The van der Waals surface area contributed by atoms with Gasteiger partial charge in [0.1, 0.15) is 11.6 Å². The third-order valence-electron chi connectivity index (χ3n) is 2.61. The fourth-order valence-corrected chi connectivity index (χ4v) is 1.58. The molecular formula is C14H20FNO4. The maximum absolute atomic E-state index is 13.0. The zero-order valence-corrected chi connectivity index (χ0v) is 11.6. The number of methoxy groups -OCH3 is 1. The molecule has 0 aliphatic carbocycles. The molecule has 1 rings (SSSR count). The molecule has 0 saturated carbocycles. The Bertz CT molecular complexity index is 427. The van der Waals surface area contributed by atoms with Crippen LogP contribution in [-0.2, 0) is 9.53 Å². The van der Waals surface area contributed by atoms with Crippen molar-refractivity contribution in [2.75, 3.05) is 20.3 Å². The van der Waals surface area contributed by atoms with Gasteiger partial charge in [0.15, 0.2) is 6.10 Å². The van der Waals surface area contributed by atoms with Crippen molar-refractivity contribution in [2.24, 2.45) is 0 Å². The first-order valence-corrected chi connectivity index (χ1v) is 6.40. The number of carbonyl (C=O) groups is 1. The molecule has 2 atom stereocenters. The molecule has 112 valence electrons. The molecule has 1 aromatic rings. The first-order chi connectivity index (χ1) is 9.52. The summed E-state index contributed by atoms with van der Waals surface area (Å²) in [6, 6.07) is 5.60. The molecule has 0 bridgehead atoms. The van der Waals surface area contributed by atoms with E-state index in [0.717, 1.165) is 0 Å². The lowest BCUT2D eigenvalue weighted by Crippen LogP contribution is -2.38. The van der Waals surface area contributed by atoms with Gasteiger partial charge in [0.25, 0.3) is 5.91 Å². The minimum absolute atomic E-state index is 0.227. The van der Waals surface area contributed by atoms with E-state index < -0.39 is 18.0 Å². The average Bonchev–Trinajstić information content (AvgIpc) is 2.38. The smallest absolute Gasteiger partial charge is 0.260 e. The Morgan fingerprint density at radius 2 is 2.25 bits per heavy atom. The van der Waals surface area contributed by atoms with E-state index in [1.54, 1.807) is 13.0 Å². The van der Waals surface area contributed by atoms with E-state index in [4.69, 9.17) is 9.47 Å². The lowest BCUT2D eigenvalue weighted by molar-refractivity contribution is -0.127. The first-order valence-electron chi connectivity index (χ1n) is 6.40. The molecule has 0 heterocycles. The predicted molar refractivity (Wildman–Crippen MR) is 72.0 cm³/mol. The van der Waals surface area contributed by atoms with Crippen LogP contribution in [0.3, 0.4) is 0 Å². The van der Waals surface area contributed by atoms with Crippen LogP contribution in [0, 0.1) is 5.82 Å². The molecule has 0 saturated heterocycles. The van der Waals surface area contributed by atoms with Gasteiger partial charge in [-0.1, -0.05) is 6.07 Å². The largest absolute Gasteiger partial charge is 0.481 e. The summed E-state index contributed by atoms with van der Waals surface area (Å²) >= 11 is 0. The number of aliphatic hydroxyl groups is 1. The number of halogens is 1. The number of hydrogen-bond acceptors (Lipinski definition) is 4. The molecule has 0 aromatic heterocycles. The SMILES string of the molecule is COCC(O)CCNC(=O)C(C)Oc1cccc(F)c1. The lowest BCUT2D eigenvalue weighted by Gasteiger charge is -2.15. The molecule has 0 spiro atoms. The van der Waals surface area contributed by atoms with Crippen molar-refractivity contribution < 1.29 is 23.8 Å². The zero-order valence-electron chi connectivity index (χ0n) is 11.6. The van der Waals surface area contributed by atoms with E-state index in [-0.39, 0.29) is 12.5 Å². The van der Waals surface area contributed by atoms with Crippen molar-refractivity contribution in [2.45, 2.75) is 25.6 Å². The third kappa shape index (κ3) is 5.99. The molecule has 2 unspecified atom stereocenters. The predicted octanol–water partition coefficient (Wildman–Crippen LogP) is 1.11. The molecule has 6 heteroatoms. The van der Waals surface area contributed by atoms with Gasteiger partial charge in [-0.3, -0.25) is 4.79 Å². The molecule has 0 aliphatic rings. The van der Waals surface area contributed by atoms with E-state index >= 15 is 0 Å². The lowest BCUT2D eigenvalue weighted by atomic mass is 10.2. The van der Waals surface area contributed by atoms with Gasteiger partial charge < -0.3 is 19.9 Å². The zero-order chi connectivity index (χ0) is 15.0. The Kier molecular flexibility index (Phi) is 6.97. The molecule has 0 fully saturated rings. The highest BCUT2D eigenvalue weighted by atomic mass is 19.1. The van der Waals surface area contributed by atoms with Crippen LogP contribution in [-0.4, -0.2) is 43.5 Å². The average molecular weight is 285 g/mol. The summed E-state index contributed by atoms with van der Waals surface area (Å²) in [6.07, 6.45) is -0.956. The van der Waals surface area contributed by atoms with Gasteiger partial charge in [-0.2, -0.15) is 0 Å². The second-order valence-corrected chi connectivity index (χ2v) is 4.41. The van der Waals surface area contributed by atoms with Crippen LogP contribution in [0.25, 0.3) is 0 Å². The topological polar surface area (TPSA) is 67.8 Å².